The number of nitrogens with zero attached hydrogens (tertiary/aromatic N) is 1. The van der Waals surface area contributed by atoms with Crippen molar-refractivity contribution in [2.45, 2.75) is 6.92 Å². The van der Waals surface area contributed by atoms with Crippen LogP contribution < -0.4 is 16.2 Å². The number of nitrogen functional groups attached to an aromatic ring is 1. The first-order valence-corrected chi connectivity index (χ1v) is 7.68. The van der Waals surface area contributed by atoms with Crippen molar-refractivity contribution in [2.75, 3.05) is 5.73 Å². The topological polar surface area (TPSA) is 91.2 Å². The lowest BCUT2D eigenvalue weighted by Gasteiger charge is -2.11. The van der Waals surface area contributed by atoms with Crippen molar-refractivity contribution in [1.82, 2.24) is 4.98 Å². The maximum Gasteiger partial charge on any atom is 0.260 e. The number of amides is 1. The SMILES string of the molecule is Cc1ccc(Cl)c(Oc2ccnc3sc(C(N)=O)c(N)c23)c1F. The predicted molar refractivity (Wildman–Crippen MR) is 88.8 cm³/mol. The smallest absolute Gasteiger partial charge is 0.260 e. The van der Waals surface area contributed by atoms with E-state index in [2.05, 4.69) is 4.98 Å². The average Bonchev–Trinajstić information content (AvgIpc) is 2.86. The van der Waals surface area contributed by atoms with Gasteiger partial charge in [-0.2, -0.15) is 0 Å². The summed E-state index contributed by atoms with van der Waals surface area (Å²) in [6.45, 7) is 1.60. The number of benzene rings is 1. The molecule has 2 heterocycles. The molecule has 23 heavy (non-hydrogen) atoms. The number of hydrogen-bond acceptors (Lipinski definition) is 5. The molecule has 0 aliphatic rings. The summed E-state index contributed by atoms with van der Waals surface area (Å²) < 4.78 is 19.9. The number of aryl methyl sites for hydroxylation is 1. The number of ether oxygens (including phenoxy) is 1. The van der Waals surface area contributed by atoms with Gasteiger partial charge in [0.15, 0.2) is 11.6 Å². The minimum atomic E-state index is -0.656. The van der Waals surface area contributed by atoms with E-state index in [9.17, 15) is 9.18 Å². The fraction of sp³-hybridized carbons (Fsp3) is 0.0667. The first-order valence-electron chi connectivity index (χ1n) is 6.49. The number of rotatable bonds is 3. The molecular weight excluding hydrogens is 341 g/mol. The number of pyridine rings is 1. The third-order valence-electron chi connectivity index (χ3n) is 3.27. The highest BCUT2D eigenvalue weighted by Gasteiger charge is 2.20. The largest absolute Gasteiger partial charge is 0.452 e. The van der Waals surface area contributed by atoms with Gasteiger partial charge in [-0.15, -0.1) is 11.3 Å². The van der Waals surface area contributed by atoms with E-state index in [1.54, 1.807) is 19.1 Å². The quantitative estimate of drug-likeness (QED) is 0.749. The molecule has 1 aromatic carbocycles. The van der Waals surface area contributed by atoms with Gasteiger partial charge in [-0.25, -0.2) is 9.37 Å². The van der Waals surface area contributed by atoms with Gasteiger partial charge in [0.05, 0.1) is 16.1 Å². The lowest BCUT2D eigenvalue weighted by Crippen LogP contribution is -2.10. The van der Waals surface area contributed by atoms with Crippen LogP contribution in [0.1, 0.15) is 15.2 Å². The molecule has 8 heteroatoms. The summed E-state index contributed by atoms with van der Waals surface area (Å²) in [4.78, 5) is 16.2. The average molecular weight is 352 g/mol. The van der Waals surface area contributed by atoms with Crippen molar-refractivity contribution >= 4 is 44.7 Å². The van der Waals surface area contributed by atoms with Gasteiger partial charge in [-0.05, 0) is 24.6 Å². The third kappa shape index (κ3) is 2.58. The van der Waals surface area contributed by atoms with Gasteiger partial charge >= 0.3 is 0 Å². The maximum absolute atomic E-state index is 14.3. The van der Waals surface area contributed by atoms with Crippen LogP contribution in [0, 0.1) is 12.7 Å². The second-order valence-corrected chi connectivity index (χ2v) is 6.21. The van der Waals surface area contributed by atoms with E-state index >= 15 is 0 Å². The van der Waals surface area contributed by atoms with Gasteiger partial charge in [0.1, 0.15) is 15.5 Å². The summed E-state index contributed by atoms with van der Waals surface area (Å²) in [6, 6.07) is 4.62. The van der Waals surface area contributed by atoms with Gasteiger partial charge in [0, 0.05) is 6.20 Å². The van der Waals surface area contributed by atoms with E-state index in [0.717, 1.165) is 11.3 Å². The number of carbonyl (C=O) groups excluding carboxylic acids is 1. The van der Waals surface area contributed by atoms with Crippen LogP contribution >= 0.6 is 22.9 Å². The van der Waals surface area contributed by atoms with E-state index in [1.165, 1.54) is 12.3 Å². The van der Waals surface area contributed by atoms with Crippen molar-refractivity contribution < 1.29 is 13.9 Å². The minimum Gasteiger partial charge on any atom is -0.452 e. The number of primary amides is 1. The number of carbonyl (C=O) groups is 1. The number of anilines is 1. The first-order chi connectivity index (χ1) is 10.9. The van der Waals surface area contributed by atoms with Crippen LogP contribution in [0.4, 0.5) is 10.1 Å². The number of aromatic nitrogens is 1. The number of halogens is 2. The molecule has 2 aromatic heterocycles. The molecule has 0 bridgehead atoms. The molecule has 0 aliphatic heterocycles. The Balaban J connectivity index is 2.19. The van der Waals surface area contributed by atoms with Crippen molar-refractivity contribution in [2.24, 2.45) is 5.73 Å². The van der Waals surface area contributed by atoms with Crippen molar-refractivity contribution in [1.29, 1.82) is 0 Å². The Hall–Kier alpha value is -2.38. The van der Waals surface area contributed by atoms with Crippen LogP contribution in [0.15, 0.2) is 24.4 Å². The monoisotopic (exact) mass is 351 g/mol. The Kier molecular flexibility index (Phi) is 3.83. The second-order valence-electron chi connectivity index (χ2n) is 4.81. The van der Waals surface area contributed by atoms with Gasteiger partial charge < -0.3 is 16.2 Å². The molecule has 0 aliphatic carbocycles. The molecule has 3 aromatic rings. The zero-order valence-electron chi connectivity index (χ0n) is 11.9. The molecule has 0 unspecified atom stereocenters. The highest BCUT2D eigenvalue weighted by molar-refractivity contribution is 7.21. The molecule has 0 spiro atoms. The Morgan fingerprint density at radius 2 is 2.13 bits per heavy atom. The van der Waals surface area contributed by atoms with E-state index in [4.69, 9.17) is 27.8 Å². The Morgan fingerprint density at radius 3 is 2.83 bits per heavy atom. The van der Waals surface area contributed by atoms with Crippen LogP contribution in [0.5, 0.6) is 11.5 Å². The van der Waals surface area contributed by atoms with Crippen LogP contribution in [0.3, 0.4) is 0 Å². The van der Waals surface area contributed by atoms with Crippen molar-refractivity contribution in [3.8, 4) is 11.5 Å². The fourth-order valence-electron chi connectivity index (χ4n) is 2.12. The molecule has 0 radical (unpaired) electrons. The minimum absolute atomic E-state index is 0.106. The molecule has 4 N–H and O–H groups in total. The van der Waals surface area contributed by atoms with Crippen LogP contribution in [0.2, 0.25) is 5.02 Å². The summed E-state index contributed by atoms with van der Waals surface area (Å²) in [6.07, 6.45) is 1.47. The number of thiophene rings is 1. The van der Waals surface area contributed by atoms with Crippen LogP contribution in [-0.4, -0.2) is 10.9 Å². The lowest BCUT2D eigenvalue weighted by molar-refractivity contribution is 0.100. The van der Waals surface area contributed by atoms with Gasteiger partial charge in [0.2, 0.25) is 0 Å². The van der Waals surface area contributed by atoms with Crippen LogP contribution in [0.25, 0.3) is 10.2 Å². The van der Waals surface area contributed by atoms with Gasteiger partial charge in [-0.3, -0.25) is 4.79 Å². The predicted octanol–water partition coefficient (Wildman–Crippen LogP) is 3.87. The molecule has 5 nitrogen and oxygen atoms in total. The fourth-order valence-corrected chi connectivity index (χ4v) is 3.24. The molecular formula is C15H11ClFN3O2S. The highest BCUT2D eigenvalue weighted by Crippen LogP contribution is 2.41. The molecule has 118 valence electrons. The zero-order chi connectivity index (χ0) is 16.7. The number of nitrogens with two attached hydrogens (primary N) is 2. The summed E-state index contributed by atoms with van der Waals surface area (Å²) in [7, 11) is 0. The lowest BCUT2D eigenvalue weighted by atomic mass is 10.2. The summed E-state index contributed by atoms with van der Waals surface area (Å²) in [5, 5.41) is 0.533. The summed E-state index contributed by atoms with van der Waals surface area (Å²) in [5.74, 6) is -1.07. The number of hydrogen-bond donors (Lipinski definition) is 2. The Bertz CT molecular complexity index is 942. The van der Waals surface area contributed by atoms with E-state index in [0.29, 0.717) is 15.8 Å². The van der Waals surface area contributed by atoms with Crippen LogP contribution in [-0.2, 0) is 0 Å². The molecule has 0 saturated heterocycles. The molecule has 3 rings (SSSR count). The first kappa shape index (κ1) is 15.5. The molecule has 0 saturated carbocycles. The normalized spacial score (nSPS) is 10.9. The number of fused-ring (bicyclic) bond motifs is 1. The van der Waals surface area contributed by atoms with Gasteiger partial charge in [0.25, 0.3) is 5.91 Å². The highest BCUT2D eigenvalue weighted by atomic mass is 35.5. The molecule has 1 amide bonds. The Morgan fingerprint density at radius 1 is 1.39 bits per heavy atom. The zero-order valence-corrected chi connectivity index (χ0v) is 13.5. The van der Waals surface area contributed by atoms with Gasteiger partial charge in [-0.1, -0.05) is 17.7 Å². The molecule has 0 atom stereocenters. The van der Waals surface area contributed by atoms with Crippen molar-refractivity contribution in [3.63, 3.8) is 0 Å². The van der Waals surface area contributed by atoms with E-state index in [-0.39, 0.29) is 27.1 Å². The van der Waals surface area contributed by atoms with Crippen molar-refractivity contribution in [3.05, 3.63) is 45.7 Å². The Labute approximate surface area is 139 Å². The van der Waals surface area contributed by atoms with E-state index < -0.39 is 11.7 Å². The summed E-state index contributed by atoms with van der Waals surface area (Å²) in [5.41, 5.74) is 11.8. The molecule has 0 fully saturated rings. The summed E-state index contributed by atoms with van der Waals surface area (Å²) >= 11 is 7.07. The standard InChI is InChI=1S/C15H11ClFN3O2S/c1-6-2-3-7(16)12(10(6)17)22-8-4-5-20-15-9(8)11(18)13(23-15)14(19)21/h2-5H,18H2,1H3,(H2,19,21). The second kappa shape index (κ2) is 5.68. The maximum atomic E-state index is 14.3. The third-order valence-corrected chi connectivity index (χ3v) is 4.69. The van der Waals surface area contributed by atoms with E-state index in [1.807, 2.05) is 0 Å².